The lowest BCUT2D eigenvalue weighted by molar-refractivity contribution is 0.252. The van der Waals surface area contributed by atoms with Gasteiger partial charge in [0, 0.05) is 24.4 Å². The van der Waals surface area contributed by atoms with E-state index in [1.165, 1.54) is 5.57 Å². The second-order valence-electron chi connectivity index (χ2n) is 6.93. The Bertz CT molecular complexity index is 872. The molecule has 134 valence electrons. The smallest absolute Gasteiger partial charge is 0.158 e. The van der Waals surface area contributed by atoms with Gasteiger partial charge in [0.15, 0.2) is 5.75 Å². The van der Waals surface area contributed by atoms with Crippen molar-refractivity contribution < 1.29 is 4.74 Å². The molecular formula is C20H21ClN4O. The lowest BCUT2D eigenvalue weighted by Crippen LogP contribution is -2.29. The molecule has 3 heterocycles. The number of ether oxygens (including phenoxy) is 1. The van der Waals surface area contributed by atoms with E-state index in [0.717, 1.165) is 42.5 Å². The second kappa shape index (κ2) is 6.72. The highest BCUT2D eigenvalue weighted by atomic mass is 35.5. The van der Waals surface area contributed by atoms with Gasteiger partial charge < -0.3 is 9.64 Å². The monoisotopic (exact) mass is 368 g/mol. The van der Waals surface area contributed by atoms with Crippen LogP contribution in [0.5, 0.6) is 5.75 Å². The van der Waals surface area contributed by atoms with Gasteiger partial charge in [0.25, 0.3) is 0 Å². The number of hydrogen-bond acceptors (Lipinski definition) is 5. The number of aromatic nitrogens is 3. The van der Waals surface area contributed by atoms with Gasteiger partial charge in [-0.25, -0.2) is 15.0 Å². The minimum atomic E-state index is 0.104. The molecule has 1 aliphatic heterocycles. The van der Waals surface area contributed by atoms with E-state index in [1.807, 2.05) is 26.0 Å². The van der Waals surface area contributed by atoms with Crippen molar-refractivity contribution in [1.29, 1.82) is 0 Å². The van der Waals surface area contributed by atoms with Crippen molar-refractivity contribution in [2.75, 3.05) is 18.1 Å². The predicted molar refractivity (Wildman–Crippen MR) is 102 cm³/mol. The molecule has 0 saturated heterocycles. The Hall–Kier alpha value is -2.40. The molecule has 1 fully saturated rings. The van der Waals surface area contributed by atoms with Crippen molar-refractivity contribution in [2.24, 2.45) is 5.41 Å². The molecular weight excluding hydrogens is 348 g/mol. The van der Waals surface area contributed by atoms with E-state index >= 15 is 0 Å². The maximum absolute atomic E-state index is 6.09. The van der Waals surface area contributed by atoms with Crippen LogP contribution in [-0.4, -0.2) is 28.1 Å². The van der Waals surface area contributed by atoms with Crippen molar-refractivity contribution in [2.45, 2.75) is 26.7 Å². The number of nitrogens with zero attached hydrogens (tertiary/aromatic N) is 4. The zero-order chi connectivity index (χ0) is 18.1. The number of halogens is 1. The molecule has 1 saturated carbocycles. The minimum Gasteiger partial charge on any atom is -0.489 e. The van der Waals surface area contributed by atoms with Crippen LogP contribution in [0.1, 0.15) is 24.4 Å². The van der Waals surface area contributed by atoms with E-state index in [0.29, 0.717) is 11.6 Å². The van der Waals surface area contributed by atoms with Gasteiger partial charge in [-0.3, -0.25) is 0 Å². The van der Waals surface area contributed by atoms with Crippen molar-refractivity contribution in [3.8, 4) is 5.75 Å². The summed E-state index contributed by atoms with van der Waals surface area (Å²) in [5, 5.41) is 0.647. The summed E-state index contributed by atoms with van der Waals surface area (Å²) in [5.41, 5.74) is 2.37. The van der Waals surface area contributed by atoms with Crippen LogP contribution in [0.3, 0.4) is 0 Å². The van der Waals surface area contributed by atoms with E-state index in [-0.39, 0.29) is 5.41 Å². The van der Waals surface area contributed by atoms with Gasteiger partial charge in [0.1, 0.15) is 11.6 Å². The first-order valence-electron chi connectivity index (χ1n) is 8.75. The van der Waals surface area contributed by atoms with Crippen LogP contribution in [0.2, 0.25) is 5.02 Å². The fourth-order valence-electron chi connectivity index (χ4n) is 3.23. The molecule has 26 heavy (non-hydrogen) atoms. The van der Waals surface area contributed by atoms with Crippen molar-refractivity contribution in [3.63, 3.8) is 0 Å². The van der Waals surface area contributed by atoms with Crippen LogP contribution in [0.4, 0.5) is 5.82 Å². The third-order valence-corrected chi connectivity index (χ3v) is 5.23. The SMILES string of the molecule is Cc1ncc(OCC2(C3=CC=CN(c4ccc(Cl)cn4)C3)CC2)c(C)n1. The molecule has 0 atom stereocenters. The van der Waals surface area contributed by atoms with E-state index < -0.39 is 0 Å². The maximum atomic E-state index is 6.09. The maximum Gasteiger partial charge on any atom is 0.158 e. The summed E-state index contributed by atoms with van der Waals surface area (Å²) >= 11 is 5.95. The highest BCUT2D eigenvalue weighted by Crippen LogP contribution is 2.53. The van der Waals surface area contributed by atoms with E-state index in [2.05, 4.69) is 38.2 Å². The molecule has 0 bridgehead atoms. The summed E-state index contributed by atoms with van der Waals surface area (Å²) in [6, 6.07) is 3.81. The highest BCUT2D eigenvalue weighted by Gasteiger charge is 2.47. The molecule has 4 rings (SSSR count). The number of hydrogen-bond donors (Lipinski definition) is 0. The average molecular weight is 369 g/mol. The summed E-state index contributed by atoms with van der Waals surface area (Å²) < 4.78 is 6.09. The third kappa shape index (κ3) is 3.44. The van der Waals surface area contributed by atoms with Crippen molar-refractivity contribution in [3.05, 3.63) is 65.0 Å². The lowest BCUT2D eigenvalue weighted by Gasteiger charge is -2.28. The molecule has 0 radical (unpaired) electrons. The van der Waals surface area contributed by atoms with Gasteiger partial charge in [0.2, 0.25) is 0 Å². The first-order chi connectivity index (χ1) is 12.6. The Balaban J connectivity index is 1.45. The average Bonchev–Trinajstić information content (AvgIpc) is 3.43. The van der Waals surface area contributed by atoms with Gasteiger partial charge in [-0.05, 0) is 50.5 Å². The summed E-state index contributed by atoms with van der Waals surface area (Å²) in [7, 11) is 0. The van der Waals surface area contributed by atoms with Gasteiger partial charge in [-0.2, -0.15) is 0 Å². The van der Waals surface area contributed by atoms with Crippen molar-refractivity contribution >= 4 is 17.4 Å². The fourth-order valence-corrected chi connectivity index (χ4v) is 3.34. The van der Waals surface area contributed by atoms with E-state index in [1.54, 1.807) is 12.4 Å². The normalized spacial score (nSPS) is 17.8. The van der Waals surface area contributed by atoms with Crippen LogP contribution in [0.25, 0.3) is 0 Å². The van der Waals surface area contributed by atoms with E-state index in [4.69, 9.17) is 16.3 Å². The Morgan fingerprint density at radius 2 is 2.04 bits per heavy atom. The van der Waals surface area contributed by atoms with Crippen LogP contribution in [-0.2, 0) is 0 Å². The van der Waals surface area contributed by atoms with Crippen LogP contribution in [0, 0.1) is 19.3 Å². The van der Waals surface area contributed by atoms with Gasteiger partial charge >= 0.3 is 0 Å². The second-order valence-corrected chi connectivity index (χ2v) is 7.37. The van der Waals surface area contributed by atoms with Gasteiger partial charge in [-0.15, -0.1) is 0 Å². The Morgan fingerprint density at radius 1 is 1.19 bits per heavy atom. The zero-order valence-electron chi connectivity index (χ0n) is 14.9. The minimum absolute atomic E-state index is 0.104. The van der Waals surface area contributed by atoms with Crippen LogP contribution in [0.15, 0.2) is 48.5 Å². The quantitative estimate of drug-likeness (QED) is 0.789. The Kier molecular flexibility index (Phi) is 4.41. The molecule has 2 aliphatic rings. The van der Waals surface area contributed by atoms with E-state index in [9.17, 15) is 0 Å². The number of allylic oxidation sites excluding steroid dienone is 2. The van der Waals surface area contributed by atoms with Gasteiger partial charge in [-0.1, -0.05) is 17.7 Å². The summed E-state index contributed by atoms with van der Waals surface area (Å²) in [6.45, 7) is 5.32. The number of anilines is 1. The Labute approximate surface area is 158 Å². The number of rotatable bonds is 5. The molecule has 0 spiro atoms. The first-order valence-corrected chi connectivity index (χ1v) is 9.13. The molecule has 2 aromatic rings. The molecule has 6 heteroatoms. The lowest BCUT2D eigenvalue weighted by atomic mass is 9.94. The number of pyridine rings is 1. The number of aryl methyl sites for hydroxylation is 2. The molecule has 0 unspecified atom stereocenters. The molecule has 0 aromatic carbocycles. The summed E-state index contributed by atoms with van der Waals surface area (Å²) in [5.74, 6) is 2.43. The zero-order valence-corrected chi connectivity index (χ0v) is 15.7. The van der Waals surface area contributed by atoms with Crippen LogP contribution < -0.4 is 9.64 Å². The van der Waals surface area contributed by atoms with Gasteiger partial charge in [0.05, 0.1) is 23.5 Å². The molecule has 2 aromatic heterocycles. The summed E-state index contributed by atoms with van der Waals surface area (Å²) in [6.07, 6.45) is 12.1. The third-order valence-electron chi connectivity index (χ3n) is 5.00. The first kappa shape index (κ1) is 17.0. The highest BCUT2D eigenvalue weighted by molar-refractivity contribution is 6.30. The standard InChI is InChI=1S/C20H21ClN4O/c1-14-18(11-22-15(2)24-14)26-13-20(7-8-20)16-4-3-9-25(12-16)19-6-5-17(21)10-23-19/h3-6,9-11H,7-8,12-13H2,1-2H3. The summed E-state index contributed by atoms with van der Waals surface area (Å²) in [4.78, 5) is 15.2. The largest absolute Gasteiger partial charge is 0.489 e. The van der Waals surface area contributed by atoms with Crippen LogP contribution >= 0.6 is 11.6 Å². The molecule has 5 nitrogen and oxygen atoms in total. The van der Waals surface area contributed by atoms with Crippen molar-refractivity contribution in [1.82, 2.24) is 15.0 Å². The molecule has 0 N–H and O–H groups in total. The predicted octanol–water partition coefficient (Wildman–Crippen LogP) is 4.26. The molecule has 1 aliphatic carbocycles. The fraction of sp³-hybridized carbons (Fsp3) is 0.350. The molecule has 0 amide bonds. The Morgan fingerprint density at radius 3 is 2.73 bits per heavy atom. The topological polar surface area (TPSA) is 51.1 Å².